The maximum absolute atomic E-state index is 15.5. The predicted octanol–water partition coefficient (Wildman–Crippen LogP) is 3.53. The van der Waals surface area contributed by atoms with Gasteiger partial charge in [0.05, 0.1) is 44.9 Å². The highest BCUT2D eigenvalue weighted by molar-refractivity contribution is 7.91. The lowest BCUT2D eigenvalue weighted by Gasteiger charge is -2.26. The van der Waals surface area contributed by atoms with Crippen LogP contribution in [-0.4, -0.2) is 49.2 Å². The molecule has 0 spiro atoms. The van der Waals surface area contributed by atoms with Crippen LogP contribution in [0, 0.1) is 5.82 Å². The fourth-order valence-electron chi connectivity index (χ4n) is 3.67. The van der Waals surface area contributed by atoms with E-state index in [1.165, 1.54) is 11.8 Å². The van der Waals surface area contributed by atoms with Crippen LogP contribution in [0.4, 0.5) is 15.8 Å². The molecule has 12 heteroatoms. The first-order valence-corrected chi connectivity index (χ1v) is 13.0. The number of nitrogens with one attached hydrogen (secondary N) is 1. The fraction of sp³-hybridized carbons (Fsp3) is 0.227. The highest BCUT2D eigenvalue weighted by Crippen LogP contribution is 2.40. The van der Waals surface area contributed by atoms with Crippen LogP contribution in [0.15, 0.2) is 41.3 Å². The van der Waals surface area contributed by atoms with Gasteiger partial charge in [-0.25, -0.2) is 17.8 Å². The minimum atomic E-state index is -4.08. The molecule has 0 fully saturated rings. The van der Waals surface area contributed by atoms with Crippen molar-refractivity contribution in [1.29, 1.82) is 0 Å². The fourth-order valence-corrected chi connectivity index (χ4v) is 6.32. The van der Waals surface area contributed by atoms with E-state index in [2.05, 4.69) is 10.3 Å². The second-order valence-corrected chi connectivity index (χ2v) is 11.0. The highest BCUT2D eigenvalue weighted by Gasteiger charge is 2.33. The molecule has 2 amide bonds. The van der Waals surface area contributed by atoms with E-state index in [-0.39, 0.29) is 31.9 Å². The molecule has 2 aromatic carbocycles. The number of hydrogen-bond donors (Lipinski definition) is 2. The molecule has 0 saturated carbocycles. The molecule has 2 heterocycles. The highest BCUT2D eigenvalue weighted by atomic mass is 35.5. The van der Waals surface area contributed by atoms with Crippen molar-refractivity contribution in [3.63, 3.8) is 0 Å². The molecule has 0 unspecified atom stereocenters. The first-order chi connectivity index (χ1) is 16.1. The molecule has 8 nitrogen and oxygen atoms in total. The Morgan fingerprint density at radius 1 is 1.29 bits per heavy atom. The number of aliphatic hydroxyl groups is 1. The van der Waals surface area contributed by atoms with Gasteiger partial charge in [0.1, 0.15) is 9.88 Å². The second kappa shape index (κ2) is 9.41. The average Bonchev–Trinajstić information content (AvgIpc) is 3.20. The Bertz CT molecular complexity index is 1410. The number of fused-ring (bicyclic) bond motifs is 1. The normalized spacial score (nSPS) is 13.6. The standard InChI is InChI=1S/C22H19ClFN3O5S2/c1-12(29)25-14-6-7-17(34(31,32)11-10-28)18(19(14)24)21-26-15-8-9-27(22(30)20(15)33-21)16-5-3-2-4-13(16)23/h2-7,28H,8-11H2,1H3,(H,25,29). The lowest BCUT2D eigenvalue weighted by molar-refractivity contribution is -0.114. The zero-order chi connectivity index (χ0) is 24.6. The van der Waals surface area contributed by atoms with E-state index in [1.807, 2.05) is 0 Å². The van der Waals surface area contributed by atoms with Crippen molar-refractivity contribution in [3.8, 4) is 10.6 Å². The van der Waals surface area contributed by atoms with Crippen molar-refractivity contribution in [2.45, 2.75) is 18.2 Å². The van der Waals surface area contributed by atoms with Crippen LogP contribution in [0.1, 0.15) is 22.3 Å². The van der Waals surface area contributed by atoms with Crippen LogP contribution >= 0.6 is 22.9 Å². The van der Waals surface area contributed by atoms with Crippen LogP contribution in [0.25, 0.3) is 10.6 Å². The third-order valence-corrected chi connectivity index (χ3v) is 8.33. The zero-order valence-corrected chi connectivity index (χ0v) is 20.2. The molecule has 0 aliphatic carbocycles. The summed E-state index contributed by atoms with van der Waals surface area (Å²) >= 11 is 7.12. The number of nitrogens with zero attached hydrogens (tertiary/aromatic N) is 2. The van der Waals surface area contributed by atoms with Crippen LogP contribution in [0.3, 0.4) is 0 Å². The summed E-state index contributed by atoms with van der Waals surface area (Å²) < 4.78 is 41.1. The third kappa shape index (κ3) is 4.43. The monoisotopic (exact) mass is 523 g/mol. The van der Waals surface area contributed by atoms with E-state index in [9.17, 15) is 23.1 Å². The summed E-state index contributed by atoms with van der Waals surface area (Å²) in [7, 11) is -4.08. The number of anilines is 2. The van der Waals surface area contributed by atoms with E-state index >= 15 is 4.39 Å². The Kier molecular flexibility index (Phi) is 6.72. The topological polar surface area (TPSA) is 117 Å². The van der Waals surface area contributed by atoms with Crippen molar-refractivity contribution >= 4 is 56.0 Å². The van der Waals surface area contributed by atoms with Crippen molar-refractivity contribution in [2.24, 2.45) is 0 Å². The molecule has 1 aliphatic heterocycles. The smallest absolute Gasteiger partial charge is 0.270 e. The molecule has 2 N–H and O–H groups in total. The van der Waals surface area contributed by atoms with E-state index in [0.29, 0.717) is 29.4 Å². The van der Waals surface area contributed by atoms with E-state index in [0.717, 1.165) is 23.5 Å². The number of hydrogen-bond acceptors (Lipinski definition) is 7. The minimum absolute atomic E-state index is 0.0134. The van der Waals surface area contributed by atoms with E-state index in [1.54, 1.807) is 24.3 Å². The van der Waals surface area contributed by atoms with Crippen LogP contribution in [0.2, 0.25) is 5.02 Å². The molecule has 4 rings (SSSR count). The van der Waals surface area contributed by atoms with Gasteiger partial charge in [-0.2, -0.15) is 0 Å². The Labute approximate surface area is 203 Å². The van der Waals surface area contributed by atoms with Crippen molar-refractivity contribution in [2.75, 3.05) is 29.1 Å². The summed E-state index contributed by atoms with van der Waals surface area (Å²) in [5.74, 6) is -2.53. The molecule has 0 radical (unpaired) electrons. The van der Waals surface area contributed by atoms with E-state index in [4.69, 9.17) is 11.6 Å². The number of benzene rings is 2. The van der Waals surface area contributed by atoms with Crippen LogP contribution in [-0.2, 0) is 21.1 Å². The number of aromatic nitrogens is 1. The van der Waals surface area contributed by atoms with Gasteiger partial charge in [-0.05, 0) is 24.3 Å². The number of carbonyl (C=O) groups is 2. The summed E-state index contributed by atoms with van der Waals surface area (Å²) in [6.45, 7) is 0.832. The van der Waals surface area contributed by atoms with Gasteiger partial charge >= 0.3 is 0 Å². The van der Waals surface area contributed by atoms with Gasteiger partial charge in [0, 0.05) is 19.9 Å². The molecule has 0 atom stereocenters. The molecular formula is C22H19ClFN3O5S2. The lowest BCUT2D eigenvalue weighted by atomic mass is 10.1. The largest absolute Gasteiger partial charge is 0.395 e. The number of halogens is 2. The predicted molar refractivity (Wildman–Crippen MR) is 128 cm³/mol. The lowest BCUT2D eigenvalue weighted by Crippen LogP contribution is -2.37. The van der Waals surface area contributed by atoms with Gasteiger partial charge in [-0.15, -0.1) is 11.3 Å². The van der Waals surface area contributed by atoms with Gasteiger partial charge in [0.15, 0.2) is 15.7 Å². The van der Waals surface area contributed by atoms with Crippen LogP contribution in [0.5, 0.6) is 0 Å². The Hall–Kier alpha value is -2.86. The van der Waals surface area contributed by atoms with E-state index < -0.39 is 33.9 Å². The number of rotatable bonds is 6. The number of thiazole rings is 1. The first-order valence-electron chi connectivity index (χ1n) is 10.1. The average molecular weight is 524 g/mol. The Morgan fingerprint density at radius 2 is 2.03 bits per heavy atom. The van der Waals surface area contributed by atoms with Gasteiger partial charge < -0.3 is 15.3 Å². The maximum atomic E-state index is 15.5. The summed E-state index contributed by atoms with van der Waals surface area (Å²) in [6, 6.07) is 9.18. The molecule has 1 aliphatic rings. The van der Waals surface area contributed by atoms with Crippen LogP contribution < -0.4 is 10.2 Å². The molecular weight excluding hydrogens is 505 g/mol. The number of carbonyl (C=O) groups excluding carboxylic acids is 2. The van der Waals surface area contributed by atoms with Gasteiger partial charge in [0.2, 0.25) is 5.91 Å². The number of amides is 2. The Morgan fingerprint density at radius 3 is 2.71 bits per heavy atom. The van der Waals surface area contributed by atoms with Crippen molar-refractivity contribution in [3.05, 3.63) is 57.8 Å². The summed E-state index contributed by atoms with van der Waals surface area (Å²) in [5, 5.41) is 11.9. The molecule has 178 valence electrons. The SMILES string of the molecule is CC(=O)Nc1ccc(S(=O)(=O)CCO)c(-c2nc3c(s2)C(=O)N(c2ccccc2Cl)CC3)c1F. The Balaban J connectivity index is 1.85. The summed E-state index contributed by atoms with van der Waals surface area (Å²) in [5.41, 5.74) is 0.377. The van der Waals surface area contributed by atoms with Crippen molar-refractivity contribution in [1.82, 2.24) is 4.98 Å². The van der Waals surface area contributed by atoms with Gasteiger partial charge in [-0.1, -0.05) is 23.7 Å². The number of para-hydroxylation sites is 1. The van der Waals surface area contributed by atoms with Gasteiger partial charge in [-0.3, -0.25) is 9.59 Å². The molecule has 34 heavy (non-hydrogen) atoms. The summed E-state index contributed by atoms with van der Waals surface area (Å²) in [6.07, 6.45) is 0.356. The quantitative estimate of drug-likeness (QED) is 0.510. The minimum Gasteiger partial charge on any atom is -0.395 e. The molecule has 0 bridgehead atoms. The number of sulfone groups is 1. The second-order valence-electron chi connectivity index (χ2n) is 7.48. The zero-order valence-electron chi connectivity index (χ0n) is 17.8. The number of aliphatic hydroxyl groups excluding tert-OH is 1. The molecule has 1 aromatic heterocycles. The third-order valence-electron chi connectivity index (χ3n) is 5.18. The first kappa shape index (κ1) is 24.3. The maximum Gasteiger partial charge on any atom is 0.270 e. The molecule has 0 saturated heterocycles. The van der Waals surface area contributed by atoms with Crippen molar-refractivity contribution < 1.29 is 27.5 Å². The molecule has 3 aromatic rings. The summed E-state index contributed by atoms with van der Waals surface area (Å²) in [4.78, 5) is 30.5. The van der Waals surface area contributed by atoms with Gasteiger partial charge in [0.25, 0.3) is 5.91 Å².